The molecule has 1 N–H and O–H groups in total. The second kappa shape index (κ2) is 3.92. The van der Waals surface area contributed by atoms with Crippen LogP contribution in [0, 0.1) is 0 Å². The first kappa shape index (κ1) is 10.9. The summed E-state index contributed by atoms with van der Waals surface area (Å²) in [6.07, 6.45) is -0.609. The maximum Gasteiger partial charge on any atom is 0.160 e. The standard InChI is InChI=1S/C9H18O4/c1-6-8(10)9(2,12-4)5-7(11-3)13-6/h6-8,10H,5H2,1-4H3/t6-,7?,8-,9+/m1/s1. The molecule has 0 amide bonds. The summed E-state index contributed by atoms with van der Waals surface area (Å²) in [4.78, 5) is 0. The van der Waals surface area contributed by atoms with Gasteiger partial charge in [-0.15, -0.1) is 0 Å². The van der Waals surface area contributed by atoms with E-state index < -0.39 is 11.7 Å². The van der Waals surface area contributed by atoms with Crippen molar-refractivity contribution in [1.29, 1.82) is 0 Å². The molecule has 0 aliphatic carbocycles. The lowest BCUT2D eigenvalue weighted by molar-refractivity contribution is -0.271. The summed E-state index contributed by atoms with van der Waals surface area (Å²) >= 11 is 0. The Morgan fingerprint density at radius 1 is 1.46 bits per heavy atom. The summed E-state index contributed by atoms with van der Waals surface area (Å²) in [5, 5.41) is 9.80. The topological polar surface area (TPSA) is 47.9 Å². The van der Waals surface area contributed by atoms with Crippen molar-refractivity contribution in [2.45, 2.75) is 44.4 Å². The first-order chi connectivity index (χ1) is 6.03. The van der Waals surface area contributed by atoms with Gasteiger partial charge < -0.3 is 19.3 Å². The highest BCUT2D eigenvalue weighted by atomic mass is 16.7. The first-order valence-electron chi connectivity index (χ1n) is 4.45. The van der Waals surface area contributed by atoms with E-state index in [1.165, 1.54) is 0 Å². The second-order valence-electron chi connectivity index (χ2n) is 3.67. The number of methoxy groups -OCH3 is 2. The van der Waals surface area contributed by atoms with Crippen LogP contribution in [-0.2, 0) is 14.2 Å². The van der Waals surface area contributed by atoms with E-state index in [1.54, 1.807) is 14.2 Å². The van der Waals surface area contributed by atoms with Crippen LogP contribution < -0.4 is 0 Å². The molecule has 1 rings (SSSR count). The van der Waals surface area contributed by atoms with E-state index in [0.717, 1.165) is 0 Å². The predicted molar refractivity (Wildman–Crippen MR) is 47.4 cm³/mol. The number of ether oxygens (including phenoxy) is 3. The number of aliphatic hydroxyl groups excluding tert-OH is 1. The van der Waals surface area contributed by atoms with E-state index in [2.05, 4.69) is 0 Å². The smallest absolute Gasteiger partial charge is 0.160 e. The third kappa shape index (κ3) is 2.02. The molecule has 4 heteroatoms. The summed E-state index contributed by atoms with van der Waals surface area (Å²) in [6, 6.07) is 0. The van der Waals surface area contributed by atoms with Gasteiger partial charge in [0.1, 0.15) is 6.10 Å². The molecule has 0 aromatic carbocycles. The molecule has 0 radical (unpaired) electrons. The van der Waals surface area contributed by atoms with Gasteiger partial charge in [-0.25, -0.2) is 0 Å². The molecular weight excluding hydrogens is 172 g/mol. The Hall–Kier alpha value is -0.160. The van der Waals surface area contributed by atoms with Gasteiger partial charge in [0.15, 0.2) is 6.29 Å². The molecule has 0 saturated carbocycles. The molecule has 4 nitrogen and oxygen atoms in total. The molecule has 1 fully saturated rings. The lowest BCUT2D eigenvalue weighted by Crippen LogP contribution is -2.56. The maximum absolute atomic E-state index is 9.80. The summed E-state index contributed by atoms with van der Waals surface area (Å²) in [6.45, 7) is 3.68. The van der Waals surface area contributed by atoms with Crippen LogP contribution >= 0.6 is 0 Å². The molecule has 1 heterocycles. The van der Waals surface area contributed by atoms with Gasteiger partial charge in [-0.2, -0.15) is 0 Å². The van der Waals surface area contributed by atoms with Gasteiger partial charge >= 0.3 is 0 Å². The van der Waals surface area contributed by atoms with E-state index in [0.29, 0.717) is 6.42 Å². The van der Waals surface area contributed by atoms with Crippen molar-refractivity contribution in [3.63, 3.8) is 0 Å². The highest BCUT2D eigenvalue weighted by molar-refractivity contribution is 4.92. The monoisotopic (exact) mass is 190 g/mol. The fourth-order valence-corrected chi connectivity index (χ4v) is 1.65. The van der Waals surface area contributed by atoms with E-state index in [4.69, 9.17) is 14.2 Å². The van der Waals surface area contributed by atoms with Gasteiger partial charge in [-0.3, -0.25) is 0 Å². The Morgan fingerprint density at radius 2 is 2.08 bits per heavy atom. The number of hydrogen-bond donors (Lipinski definition) is 1. The SMILES string of the molecule is COC1C[C@](C)(OC)[C@H](O)[C@@H](C)O1. The third-order valence-corrected chi connectivity index (χ3v) is 2.74. The van der Waals surface area contributed by atoms with Gasteiger partial charge in [-0.05, 0) is 13.8 Å². The molecule has 0 aromatic heterocycles. The average molecular weight is 190 g/mol. The minimum atomic E-state index is -0.608. The molecule has 13 heavy (non-hydrogen) atoms. The average Bonchev–Trinajstić information content (AvgIpc) is 2.13. The zero-order chi connectivity index (χ0) is 10.1. The Labute approximate surface area is 78.8 Å². The molecule has 0 bridgehead atoms. The predicted octanol–water partition coefficient (Wildman–Crippen LogP) is 0.534. The minimum Gasteiger partial charge on any atom is -0.387 e. The van der Waals surface area contributed by atoms with Crippen LogP contribution in [0.15, 0.2) is 0 Å². The van der Waals surface area contributed by atoms with Gasteiger partial charge in [0.05, 0.1) is 11.7 Å². The van der Waals surface area contributed by atoms with Crippen LogP contribution in [0.25, 0.3) is 0 Å². The molecule has 1 aliphatic rings. The molecule has 1 saturated heterocycles. The Kier molecular flexibility index (Phi) is 3.29. The van der Waals surface area contributed by atoms with Crippen LogP contribution in [-0.4, -0.2) is 43.4 Å². The second-order valence-corrected chi connectivity index (χ2v) is 3.67. The van der Waals surface area contributed by atoms with Crippen LogP contribution in [0.1, 0.15) is 20.3 Å². The zero-order valence-corrected chi connectivity index (χ0v) is 8.61. The van der Waals surface area contributed by atoms with Gasteiger partial charge in [0.25, 0.3) is 0 Å². The van der Waals surface area contributed by atoms with Gasteiger partial charge in [0.2, 0.25) is 0 Å². The normalized spacial score (nSPS) is 46.4. The third-order valence-electron chi connectivity index (χ3n) is 2.74. The highest BCUT2D eigenvalue weighted by Gasteiger charge is 2.44. The van der Waals surface area contributed by atoms with Crippen molar-refractivity contribution >= 4 is 0 Å². The fraction of sp³-hybridized carbons (Fsp3) is 1.00. The Bertz CT molecular complexity index is 173. The molecule has 1 unspecified atom stereocenters. The van der Waals surface area contributed by atoms with E-state index in [-0.39, 0.29) is 12.4 Å². The van der Waals surface area contributed by atoms with Crippen LogP contribution in [0.4, 0.5) is 0 Å². The number of rotatable bonds is 2. The summed E-state index contributed by atoms with van der Waals surface area (Å²) < 4.78 is 15.8. The van der Waals surface area contributed by atoms with Crippen LogP contribution in [0.3, 0.4) is 0 Å². The van der Waals surface area contributed by atoms with E-state index >= 15 is 0 Å². The van der Waals surface area contributed by atoms with Crippen molar-refractivity contribution in [3.05, 3.63) is 0 Å². The number of hydrogen-bond acceptors (Lipinski definition) is 4. The van der Waals surface area contributed by atoms with Gasteiger partial charge in [-0.1, -0.05) is 0 Å². The fourth-order valence-electron chi connectivity index (χ4n) is 1.65. The molecule has 78 valence electrons. The van der Waals surface area contributed by atoms with Crippen molar-refractivity contribution in [1.82, 2.24) is 0 Å². The number of aliphatic hydroxyl groups is 1. The molecule has 4 atom stereocenters. The molecular formula is C9H18O4. The van der Waals surface area contributed by atoms with Crippen LogP contribution in [0.2, 0.25) is 0 Å². The Balaban J connectivity index is 2.71. The van der Waals surface area contributed by atoms with Gasteiger partial charge in [0, 0.05) is 20.6 Å². The summed E-state index contributed by atoms with van der Waals surface area (Å²) in [7, 11) is 3.18. The van der Waals surface area contributed by atoms with Crippen LogP contribution in [0.5, 0.6) is 0 Å². The minimum absolute atomic E-state index is 0.261. The highest BCUT2D eigenvalue weighted by Crippen LogP contribution is 2.31. The Morgan fingerprint density at radius 3 is 2.54 bits per heavy atom. The van der Waals surface area contributed by atoms with E-state index in [9.17, 15) is 5.11 Å². The molecule has 1 aliphatic heterocycles. The summed E-state index contributed by atoms with van der Waals surface area (Å²) in [5.74, 6) is 0. The van der Waals surface area contributed by atoms with Crippen molar-refractivity contribution in [2.24, 2.45) is 0 Å². The molecule has 0 spiro atoms. The van der Waals surface area contributed by atoms with Crippen molar-refractivity contribution in [2.75, 3.05) is 14.2 Å². The lowest BCUT2D eigenvalue weighted by Gasteiger charge is -2.43. The van der Waals surface area contributed by atoms with E-state index in [1.807, 2.05) is 13.8 Å². The first-order valence-corrected chi connectivity index (χ1v) is 4.45. The zero-order valence-electron chi connectivity index (χ0n) is 8.61. The maximum atomic E-state index is 9.80. The lowest BCUT2D eigenvalue weighted by atomic mass is 9.88. The van der Waals surface area contributed by atoms with Crippen molar-refractivity contribution in [3.8, 4) is 0 Å². The quantitative estimate of drug-likeness (QED) is 0.690. The largest absolute Gasteiger partial charge is 0.387 e. The van der Waals surface area contributed by atoms with Crippen molar-refractivity contribution < 1.29 is 19.3 Å². The molecule has 0 aromatic rings. The summed E-state index contributed by atoms with van der Waals surface area (Å²) in [5.41, 5.74) is -0.571.